The van der Waals surface area contributed by atoms with Crippen LogP contribution in [0.5, 0.6) is 0 Å². The van der Waals surface area contributed by atoms with Crippen LogP contribution >= 0.6 is 22.6 Å². The lowest BCUT2D eigenvalue weighted by molar-refractivity contribution is 0.466. The van der Waals surface area contributed by atoms with Gasteiger partial charge in [-0.25, -0.2) is 0 Å². The lowest BCUT2D eigenvalue weighted by atomic mass is 9.89. The minimum atomic E-state index is 0.340. The van der Waals surface area contributed by atoms with Crippen molar-refractivity contribution in [1.82, 2.24) is 10.3 Å². The fourth-order valence-electron chi connectivity index (χ4n) is 2.44. The van der Waals surface area contributed by atoms with E-state index in [1.54, 1.807) is 0 Å². The van der Waals surface area contributed by atoms with Crippen LogP contribution in [0.1, 0.15) is 43.4 Å². The third-order valence-corrected chi connectivity index (χ3v) is 4.22. The minimum Gasteiger partial charge on any atom is -0.309 e. The number of hydrogen-bond acceptors (Lipinski definition) is 2. The van der Waals surface area contributed by atoms with Gasteiger partial charge < -0.3 is 5.32 Å². The van der Waals surface area contributed by atoms with Crippen molar-refractivity contribution in [3.8, 4) is 0 Å². The molecule has 1 N–H and O–H groups in total. The molecule has 0 amide bonds. The van der Waals surface area contributed by atoms with Gasteiger partial charge in [-0.3, -0.25) is 4.98 Å². The summed E-state index contributed by atoms with van der Waals surface area (Å²) >= 11 is 2.38. The van der Waals surface area contributed by atoms with Crippen molar-refractivity contribution in [3.05, 3.63) is 63.5 Å². The van der Waals surface area contributed by atoms with E-state index >= 15 is 0 Å². The first-order valence-corrected chi connectivity index (χ1v) is 8.19. The summed E-state index contributed by atoms with van der Waals surface area (Å²) in [7, 11) is 0. The van der Waals surface area contributed by atoms with Crippen molar-refractivity contribution in [3.63, 3.8) is 0 Å². The van der Waals surface area contributed by atoms with Crippen LogP contribution in [0.4, 0.5) is 0 Å². The highest BCUT2D eigenvalue weighted by Crippen LogP contribution is 2.30. The maximum absolute atomic E-state index is 4.11. The van der Waals surface area contributed by atoms with Crippen LogP contribution in [0.15, 0.2) is 48.8 Å². The average Bonchev–Trinajstić information content (AvgIpc) is 2.48. The summed E-state index contributed by atoms with van der Waals surface area (Å²) in [6.07, 6.45) is 4.89. The van der Waals surface area contributed by atoms with E-state index in [0.717, 1.165) is 13.0 Å². The number of aromatic nitrogens is 1. The van der Waals surface area contributed by atoms with E-state index < -0.39 is 0 Å². The van der Waals surface area contributed by atoms with Crippen LogP contribution in [0.2, 0.25) is 0 Å². The number of hydrogen-bond donors (Lipinski definition) is 1. The molecule has 20 heavy (non-hydrogen) atoms. The van der Waals surface area contributed by atoms with Crippen LogP contribution in [0.3, 0.4) is 0 Å². The number of halogens is 1. The molecule has 0 spiro atoms. The van der Waals surface area contributed by atoms with Gasteiger partial charge in [0.1, 0.15) is 0 Å². The zero-order chi connectivity index (χ0) is 14.4. The Hall–Kier alpha value is -0.940. The number of rotatable bonds is 6. The first-order valence-electron chi connectivity index (χ1n) is 7.11. The van der Waals surface area contributed by atoms with E-state index in [0.29, 0.717) is 12.0 Å². The third kappa shape index (κ3) is 4.03. The number of benzene rings is 1. The van der Waals surface area contributed by atoms with Crippen LogP contribution in [-0.4, -0.2) is 11.5 Å². The molecule has 3 heteroatoms. The summed E-state index contributed by atoms with van der Waals surface area (Å²) in [6.45, 7) is 5.52. The van der Waals surface area contributed by atoms with Crippen LogP contribution in [0, 0.1) is 3.57 Å². The quantitative estimate of drug-likeness (QED) is 0.745. The normalized spacial score (nSPS) is 13.9. The van der Waals surface area contributed by atoms with Crippen molar-refractivity contribution in [2.45, 2.75) is 32.2 Å². The molecule has 2 unspecified atom stereocenters. The maximum Gasteiger partial charge on any atom is 0.0387 e. The summed E-state index contributed by atoms with van der Waals surface area (Å²) in [5.41, 5.74) is 2.68. The molecule has 106 valence electrons. The molecule has 0 saturated carbocycles. The molecular formula is C17H21IN2. The van der Waals surface area contributed by atoms with E-state index in [9.17, 15) is 0 Å². The van der Waals surface area contributed by atoms with Gasteiger partial charge in [0.25, 0.3) is 0 Å². The van der Waals surface area contributed by atoms with Gasteiger partial charge in [-0.2, -0.15) is 0 Å². The molecule has 1 heterocycles. The van der Waals surface area contributed by atoms with Crippen molar-refractivity contribution in [2.24, 2.45) is 0 Å². The van der Waals surface area contributed by atoms with Gasteiger partial charge in [0.15, 0.2) is 0 Å². The predicted molar refractivity (Wildman–Crippen MR) is 92.8 cm³/mol. The molecule has 1 aromatic heterocycles. The largest absolute Gasteiger partial charge is 0.309 e. The lowest BCUT2D eigenvalue weighted by Gasteiger charge is -2.26. The summed E-state index contributed by atoms with van der Waals surface area (Å²) in [4.78, 5) is 4.11. The van der Waals surface area contributed by atoms with Crippen LogP contribution in [-0.2, 0) is 0 Å². The smallest absolute Gasteiger partial charge is 0.0387 e. The Kier molecular flexibility index (Phi) is 5.98. The van der Waals surface area contributed by atoms with Gasteiger partial charge in [-0.15, -0.1) is 0 Å². The molecular weight excluding hydrogens is 359 g/mol. The van der Waals surface area contributed by atoms with Crippen molar-refractivity contribution in [2.75, 3.05) is 6.54 Å². The highest BCUT2D eigenvalue weighted by Gasteiger charge is 2.20. The molecule has 0 aliphatic heterocycles. The lowest BCUT2D eigenvalue weighted by Crippen LogP contribution is -2.26. The molecule has 0 aliphatic rings. The minimum absolute atomic E-state index is 0.340. The Morgan fingerprint density at radius 2 is 1.90 bits per heavy atom. The van der Waals surface area contributed by atoms with Crippen LogP contribution in [0.25, 0.3) is 0 Å². The number of pyridine rings is 1. The Morgan fingerprint density at radius 3 is 2.55 bits per heavy atom. The predicted octanol–water partition coefficient (Wildman–Crippen LogP) is 4.53. The van der Waals surface area contributed by atoms with Crippen molar-refractivity contribution >= 4 is 22.6 Å². The van der Waals surface area contributed by atoms with E-state index in [4.69, 9.17) is 0 Å². The second-order valence-electron chi connectivity index (χ2n) is 5.06. The standard InChI is InChI=1S/C17H21IN2/c1-3-9-20-17(15-5-4-6-16(18)12-15)13(2)14-7-10-19-11-8-14/h4-8,10-13,17,20H,3,9H2,1-2H3. The monoisotopic (exact) mass is 380 g/mol. The van der Waals surface area contributed by atoms with Gasteiger partial charge in [0.05, 0.1) is 0 Å². The molecule has 2 rings (SSSR count). The molecule has 0 bridgehead atoms. The van der Waals surface area contributed by atoms with E-state index in [-0.39, 0.29) is 0 Å². The molecule has 2 atom stereocenters. The summed E-state index contributed by atoms with van der Waals surface area (Å²) in [5, 5.41) is 3.69. The Balaban J connectivity index is 2.27. The second-order valence-corrected chi connectivity index (χ2v) is 6.30. The van der Waals surface area contributed by atoms with E-state index in [1.165, 1.54) is 14.7 Å². The maximum atomic E-state index is 4.11. The third-order valence-electron chi connectivity index (χ3n) is 3.55. The number of nitrogens with one attached hydrogen (secondary N) is 1. The zero-order valence-corrected chi connectivity index (χ0v) is 14.2. The van der Waals surface area contributed by atoms with Gasteiger partial charge in [0, 0.05) is 27.9 Å². The highest BCUT2D eigenvalue weighted by molar-refractivity contribution is 14.1. The fourth-order valence-corrected chi connectivity index (χ4v) is 3.01. The highest BCUT2D eigenvalue weighted by atomic mass is 127. The fraction of sp³-hybridized carbons (Fsp3) is 0.353. The zero-order valence-electron chi connectivity index (χ0n) is 12.0. The van der Waals surface area contributed by atoms with E-state index in [1.807, 2.05) is 12.4 Å². The Morgan fingerprint density at radius 1 is 1.15 bits per heavy atom. The number of nitrogens with zero attached hydrogens (tertiary/aromatic N) is 1. The average molecular weight is 380 g/mol. The first kappa shape index (κ1) is 15.4. The van der Waals surface area contributed by atoms with E-state index in [2.05, 4.69) is 83.1 Å². The van der Waals surface area contributed by atoms with Crippen molar-refractivity contribution in [1.29, 1.82) is 0 Å². The SMILES string of the molecule is CCCNC(c1cccc(I)c1)C(C)c1ccncc1. The second kappa shape index (κ2) is 7.74. The first-order chi connectivity index (χ1) is 9.72. The molecule has 2 nitrogen and oxygen atoms in total. The van der Waals surface area contributed by atoms with Gasteiger partial charge in [-0.05, 0) is 70.9 Å². The Bertz CT molecular complexity index is 528. The van der Waals surface area contributed by atoms with Gasteiger partial charge in [-0.1, -0.05) is 26.0 Å². The van der Waals surface area contributed by atoms with Crippen LogP contribution < -0.4 is 5.32 Å². The molecule has 0 aliphatic carbocycles. The van der Waals surface area contributed by atoms with Gasteiger partial charge >= 0.3 is 0 Å². The molecule has 1 aromatic carbocycles. The molecule has 0 radical (unpaired) electrons. The summed E-state index contributed by atoms with van der Waals surface area (Å²) in [5.74, 6) is 0.419. The molecule has 0 saturated heterocycles. The summed E-state index contributed by atoms with van der Waals surface area (Å²) in [6, 6.07) is 13.3. The Labute approximate surface area is 135 Å². The molecule has 0 fully saturated rings. The van der Waals surface area contributed by atoms with Crippen molar-refractivity contribution < 1.29 is 0 Å². The topological polar surface area (TPSA) is 24.9 Å². The molecule has 2 aromatic rings. The van der Waals surface area contributed by atoms with Gasteiger partial charge in [0.2, 0.25) is 0 Å². The summed E-state index contributed by atoms with van der Waals surface area (Å²) < 4.78 is 1.28.